The van der Waals surface area contributed by atoms with Gasteiger partial charge in [-0.15, -0.1) is 0 Å². The molecular weight excluding hydrogens is 214 g/mol. The van der Waals surface area contributed by atoms with Gasteiger partial charge in [0.2, 0.25) is 0 Å². The molecule has 2 heterocycles. The molecule has 2 atom stereocenters. The van der Waals surface area contributed by atoms with Crippen LogP contribution in [0.25, 0.3) is 0 Å². The molecule has 1 aromatic rings. The lowest BCUT2D eigenvalue weighted by Gasteiger charge is -2.13. The number of rotatable bonds is 1. The Labute approximate surface area is 102 Å². The van der Waals surface area contributed by atoms with Gasteiger partial charge in [-0.1, -0.05) is 6.42 Å². The van der Waals surface area contributed by atoms with Crippen LogP contribution in [0.4, 0.5) is 0 Å². The molecule has 1 saturated heterocycles. The number of nitrogens with zero attached hydrogens (tertiary/aromatic N) is 2. The third-order valence-corrected chi connectivity index (χ3v) is 3.79. The summed E-state index contributed by atoms with van der Waals surface area (Å²) in [4.78, 5) is 9.23. The normalized spacial score (nSPS) is 28.8. The summed E-state index contributed by atoms with van der Waals surface area (Å²) < 4.78 is 5.40. The van der Waals surface area contributed by atoms with E-state index in [-0.39, 0.29) is 6.04 Å². The average Bonchev–Trinajstić information content (AvgIpc) is 2.82. The first-order valence-corrected chi connectivity index (χ1v) is 6.53. The summed E-state index contributed by atoms with van der Waals surface area (Å²) in [5.74, 6) is 1.34. The Balaban J connectivity index is 1.91. The monoisotopic (exact) mass is 233 g/mol. The Hall–Kier alpha value is -1.00. The Kier molecular flexibility index (Phi) is 3.07. The van der Waals surface area contributed by atoms with Gasteiger partial charge in [0.05, 0.1) is 6.61 Å². The van der Waals surface area contributed by atoms with E-state index in [1.54, 1.807) is 0 Å². The average molecular weight is 233 g/mol. The molecule has 3 rings (SSSR count). The molecule has 2 N–H and O–H groups in total. The minimum atomic E-state index is 0.126. The van der Waals surface area contributed by atoms with E-state index < -0.39 is 0 Å². The molecule has 1 aliphatic heterocycles. The van der Waals surface area contributed by atoms with Crippen molar-refractivity contribution in [3.05, 3.63) is 23.3 Å². The van der Waals surface area contributed by atoms with Gasteiger partial charge in [-0.3, -0.25) is 0 Å². The first-order valence-electron chi connectivity index (χ1n) is 6.53. The fraction of sp³-hybridized carbons (Fsp3) is 0.692. The predicted octanol–water partition coefficient (Wildman–Crippen LogP) is 1.71. The van der Waals surface area contributed by atoms with E-state index in [1.165, 1.54) is 18.5 Å². The van der Waals surface area contributed by atoms with Gasteiger partial charge in [-0.25, -0.2) is 9.97 Å². The first kappa shape index (κ1) is 11.1. The van der Waals surface area contributed by atoms with E-state index in [0.717, 1.165) is 43.9 Å². The van der Waals surface area contributed by atoms with Gasteiger partial charge >= 0.3 is 0 Å². The Morgan fingerprint density at radius 1 is 1.29 bits per heavy atom. The number of nitrogens with two attached hydrogens (primary N) is 1. The Morgan fingerprint density at radius 3 is 3.06 bits per heavy atom. The number of fused-ring (bicyclic) bond motifs is 1. The van der Waals surface area contributed by atoms with Crippen LogP contribution in [0.3, 0.4) is 0 Å². The zero-order chi connectivity index (χ0) is 11.7. The number of ether oxygens (including phenoxy) is 1. The van der Waals surface area contributed by atoms with Gasteiger partial charge in [0, 0.05) is 36.0 Å². The maximum Gasteiger partial charge on any atom is 0.134 e. The molecule has 2 unspecified atom stereocenters. The second kappa shape index (κ2) is 4.70. The van der Waals surface area contributed by atoms with Crippen LogP contribution in [0.1, 0.15) is 54.7 Å². The van der Waals surface area contributed by atoms with Crippen LogP contribution in [0.2, 0.25) is 0 Å². The largest absolute Gasteiger partial charge is 0.381 e. The fourth-order valence-electron chi connectivity index (χ4n) is 2.70. The fourth-order valence-corrected chi connectivity index (χ4v) is 2.70. The van der Waals surface area contributed by atoms with Crippen molar-refractivity contribution in [2.75, 3.05) is 13.2 Å². The molecule has 0 radical (unpaired) electrons. The summed E-state index contributed by atoms with van der Waals surface area (Å²) >= 11 is 0. The minimum absolute atomic E-state index is 0.126. The molecule has 2 aliphatic rings. The zero-order valence-electron chi connectivity index (χ0n) is 10.1. The SMILES string of the molecule is NC1CCCCc2nc(C3CCOC3)ncc21. The van der Waals surface area contributed by atoms with Crippen molar-refractivity contribution < 1.29 is 4.74 Å². The maximum absolute atomic E-state index is 6.15. The molecule has 0 saturated carbocycles. The zero-order valence-corrected chi connectivity index (χ0v) is 10.1. The second-order valence-electron chi connectivity index (χ2n) is 5.04. The molecule has 1 aliphatic carbocycles. The molecule has 0 amide bonds. The number of hydrogen-bond donors (Lipinski definition) is 1. The highest BCUT2D eigenvalue weighted by Crippen LogP contribution is 2.28. The van der Waals surface area contributed by atoms with E-state index >= 15 is 0 Å². The summed E-state index contributed by atoms with van der Waals surface area (Å²) in [6.45, 7) is 1.61. The minimum Gasteiger partial charge on any atom is -0.381 e. The molecule has 1 fully saturated rings. The van der Waals surface area contributed by atoms with Crippen molar-refractivity contribution in [1.82, 2.24) is 9.97 Å². The van der Waals surface area contributed by atoms with Crippen LogP contribution >= 0.6 is 0 Å². The van der Waals surface area contributed by atoms with Crippen LogP contribution in [-0.2, 0) is 11.2 Å². The third kappa shape index (κ3) is 2.19. The van der Waals surface area contributed by atoms with Gasteiger partial charge in [0.1, 0.15) is 5.82 Å². The van der Waals surface area contributed by atoms with E-state index in [4.69, 9.17) is 15.5 Å². The smallest absolute Gasteiger partial charge is 0.134 e. The lowest BCUT2D eigenvalue weighted by atomic mass is 10.0. The maximum atomic E-state index is 6.15. The van der Waals surface area contributed by atoms with E-state index in [2.05, 4.69) is 4.98 Å². The van der Waals surface area contributed by atoms with Crippen molar-refractivity contribution in [2.24, 2.45) is 5.73 Å². The van der Waals surface area contributed by atoms with E-state index in [0.29, 0.717) is 5.92 Å². The Morgan fingerprint density at radius 2 is 2.24 bits per heavy atom. The predicted molar refractivity (Wildman–Crippen MR) is 64.7 cm³/mol. The summed E-state index contributed by atoms with van der Waals surface area (Å²) in [5.41, 5.74) is 8.48. The van der Waals surface area contributed by atoms with Crippen molar-refractivity contribution in [2.45, 2.75) is 44.1 Å². The van der Waals surface area contributed by atoms with Crippen molar-refractivity contribution in [3.63, 3.8) is 0 Å². The first-order chi connectivity index (χ1) is 8.34. The van der Waals surface area contributed by atoms with Crippen LogP contribution in [0.15, 0.2) is 6.20 Å². The molecule has 92 valence electrons. The number of aromatic nitrogens is 2. The van der Waals surface area contributed by atoms with Crippen LogP contribution in [0.5, 0.6) is 0 Å². The van der Waals surface area contributed by atoms with E-state index in [9.17, 15) is 0 Å². The second-order valence-corrected chi connectivity index (χ2v) is 5.04. The number of hydrogen-bond acceptors (Lipinski definition) is 4. The quantitative estimate of drug-likeness (QED) is 0.750. The summed E-state index contributed by atoms with van der Waals surface area (Å²) in [6.07, 6.45) is 7.49. The molecule has 0 spiro atoms. The molecule has 17 heavy (non-hydrogen) atoms. The van der Waals surface area contributed by atoms with Crippen LogP contribution < -0.4 is 5.73 Å². The highest BCUT2D eigenvalue weighted by atomic mass is 16.5. The lowest BCUT2D eigenvalue weighted by Crippen LogP contribution is -2.14. The van der Waals surface area contributed by atoms with Crippen molar-refractivity contribution in [3.8, 4) is 0 Å². The van der Waals surface area contributed by atoms with Crippen molar-refractivity contribution >= 4 is 0 Å². The van der Waals surface area contributed by atoms with E-state index in [1.807, 2.05) is 6.20 Å². The molecule has 0 bridgehead atoms. The van der Waals surface area contributed by atoms with Gasteiger partial charge in [0.15, 0.2) is 0 Å². The lowest BCUT2D eigenvalue weighted by molar-refractivity contribution is 0.193. The molecule has 1 aromatic heterocycles. The van der Waals surface area contributed by atoms with Gasteiger partial charge < -0.3 is 10.5 Å². The highest BCUT2D eigenvalue weighted by Gasteiger charge is 2.23. The third-order valence-electron chi connectivity index (χ3n) is 3.79. The van der Waals surface area contributed by atoms with Crippen LogP contribution in [-0.4, -0.2) is 23.2 Å². The molecule has 0 aromatic carbocycles. The summed E-state index contributed by atoms with van der Waals surface area (Å²) in [6, 6.07) is 0.126. The van der Waals surface area contributed by atoms with Gasteiger partial charge in [0.25, 0.3) is 0 Å². The summed E-state index contributed by atoms with van der Waals surface area (Å²) in [5, 5.41) is 0. The molecular formula is C13H19N3O. The molecule has 4 heteroatoms. The van der Waals surface area contributed by atoms with Gasteiger partial charge in [-0.05, 0) is 25.7 Å². The van der Waals surface area contributed by atoms with Crippen LogP contribution in [0, 0.1) is 0 Å². The Bertz CT molecular complexity index is 402. The topological polar surface area (TPSA) is 61.0 Å². The molecule has 4 nitrogen and oxygen atoms in total. The highest BCUT2D eigenvalue weighted by molar-refractivity contribution is 5.23. The van der Waals surface area contributed by atoms with Gasteiger partial charge in [-0.2, -0.15) is 0 Å². The van der Waals surface area contributed by atoms with Crippen molar-refractivity contribution in [1.29, 1.82) is 0 Å². The standard InChI is InChI=1S/C13H19N3O/c14-11-3-1-2-4-12-10(11)7-15-13(16-12)9-5-6-17-8-9/h7,9,11H,1-6,8,14H2. The number of aryl methyl sites for hydroxylation is 1. The summed E-state index contributed by atoms with van der Waals surface area (Å²) in [7, 11) is 0.